The third kappa shape index (κ3) is 3.67. The molecule has 0 bridgehead atoms. The predicted octanol–water partition coefficient (Wildman–Crippen LogP) is 1.55. The van der Waals surface area contributed by atoms with Gasteiger partial charge < -0.3 is 10.2 Å². The van der Waals surface area contributed by atoms with E-state index in [1.807, 2.05) is 0 Å². The van der Waals surface area contributed by atoms with E-state index in [4.69, 9.17) is 0 Å². The molecule has 0 aromatic rings. The van der Waals surface area contributed by atoms with E-state index < -0.39 is 0 Å². The average Bonchev–Trinajstić information content (AvgIpc) is 2.18. The maximum Gasteiger partial charge on any atom is 0.246 e. The topological polar surface area (TPSA) is 32.3 Å². The third-order valence-corrected chi connectivity index (χ3v) is 3.15. The number of carbonyl (C=O) groups excluding carboxylic acids is 1. The highest BCUT2D eigenvalue weighted by molar-refractivity contribution is 5.92. The minimum Gasteiger partial charge on any atom is -0.350 e. The largest absolute Gasteiger partial charge is 0.350 e. The van der Waals surface area contributed by atoms with Gasteiger partial charge in [-0.15, -0.1) is 0 Å². The first kappa shape index (κ1) is 12.2. The van der Waals surface area contributed by atoms with Crippen molar-refractivity contribution >= 4 is 5.91 Å². The summed E-state index contributed by atoms with van der Waals surface area (Å²) in [6, 6.07) is 1.04. The molecular formula is C12H22N2O. The molecule has 15 heavy (non-hydrogen) atoms. The Bertz CT molecular complexity index is 240. The molecule has 1 aliphatic rings. The Balaban J connectivity index is 2.32. The van der Waals surface area contributed by atoms with Gasteiger partial charge in [-0.25, -0.2) is 0 Å². The highest BCUT2D eigenvalue weighted by Gasteiger charge is 2.23. The lowest BCUT2D eigenvalue weighted by Crippen LogP contribution is -2.41. The lowest BCUT2D eigenvalue weighted by Gasteiger charge is -2.32. The van der Waals surface area contributed by atoms with Crippen molar-refractivity contribution < 1.29 is 4.79 Å². The molecule has 1 amide bonds. The normalized spacial score (nSPS) is 26.4. The summed E-state index contributed by atoms with van der Waals surface area (Å²) in [5, 5.41) is 3.02. The molecule has 3 nitrogen and oxygen atoms in total. The summed E-state index contributed by atoms with van der Waals surface area (Å²) < 4.78 is 0. The number of hydrogen-bond donors (Lipinski definition) is 1. The van der Waals surface area contributed by atoms with Gasteiger partial charge in [0.1, 0.15) is 0 Å². The molecule has 0 unspecified atom stereocenters. The Morgan fingerprint density at radius 1 is 1.27 bits per heavy atom. The SMILES string of the molecule is C=C(C)C(=O)NC1CCC(N(C)C)CC1. The van der Waals surface area contributed by atoms with Crippen LogP contribution in [0.1, 0.15) is 32.6 Å². The minimum absolute atomic E-state index is 0.00306. The molecule has 0 aromatic heterocycles. The molecule has 0 aromatic carbocycles. The maximum absolute atomic E-state index is 11.4. The van der Waals surface area contributed by atoms with Crippen LogP contribution in [0.25, 0.3) is 0 Å². The zero-order chi connectivity index (χ0) is 11.4. The number of carbonyl (C=O) groups is 1. The summed E-state index contributed by atoms with van der Waals surface area (Å²) >= 11 is 0. The Labute approximate surface area is 92.5 Å². The van der Waals surface area contributed by atoms with E-state index in [1.54, 1.807) is 6.92 Å². The fourth-order valence-corrected chi connectivity index (χ4v) is 2.05. The van der Waals surface area contributed by atoms with E-state index in [-0.39, 0.29) is 5.91 Å². The molecule has 1 N–H and O–H groups in total. The van der Waals surface area contributed by atoms with Crippen molar-refractivity contribution in [1.29, 1.82) is 0 Å². The van der Waals surface area contributed by atoms with Crippen LogP contribution in [-0.2, 0) is 4.79 Å². The van der Waals surface area contributed by atoms with Crippen LogP contribution in [0.15, 0.2) is 12.2 Å². The summed E-state index contributed by atoms with van der Waals surface area (Å²) in [6.07, 6.45) is 4.52. The average molecular weight is 210 g/mol. The second kappa shape index (κ2) is 5.31. The van der Waals surface area contributed by atoms with E-state index in [0.29, 0.717) is 17.7 Å². The van der Waals surface area contributed by atoms with Crippen LogP contribution >= 0.6 is 0 Å². The molecule has 0 heterocycles. The van der Waals surface area contributed by atoms with Gasteiger partial charge in [0, 0.05) is 17.7 Å². The molecule has 0 aliphatic heterocycles. The molecule has 1 rings (SSSR count). The first-order valence-corrected chi connectivity index (χ1v) is 5.63. The summed E-state index contributed by atoms with van der Waals surface area (Å²) in [4.78, 5) is 13.7. The van der Waals surface area contributed by atoms with Crippen molar-refractivity contribution in [3.63, 3.8) is 0 Å². The third-order valence-electron chi connectivity index (χ3n) is 3.15. The fraction of sp³-hybridized carbons (Fsp3) is 0.750. The second-order valence-electron chi connectivity index (χ2n) is 4.72. The zero-order valence-corrected chi connectivity index (χ0v) is 10.0. The summed E-state index contributed by atoms with van der Waals surface area (Å²) in [5.41, 5.74) is 0.602. The van der Waals surface area contributed by atoms with Crippen LogP contribution < -0.4 is 5.32 Å². The molecule has 1 aliphatic carbocycles. The van der Waals surface area contributed by atoms with Crippen LogP contribution in [0.5, 0.6) is 0 Å². The van der Waals surface area contributed by atoms with Crippen molar-refractivity contribution in [2.24, 2.45) is 0 Å². The summed E-state index contributed by atoms with van der Waals surface area (Å²) in [5.74, 6) is 0.00306. The minimum atomic E-state index is 0.00306. The molecule has 1 saturated carbocycles. The van der Waals surface area contributed by atoms with E-state index in [2.05, 4.69) is 30.9 Å². The van der Waals surface area contributed by atoms with Gasteiger partial charge in [-0.05, 0) is 46.7 Å². The lowest BCUT2D eigenvalue weighted by molar-refractivity contribution is -0.118. The van der Waals surface area contributed by atoms with Crippen LogP contribution in [-0.4, -0.2) is 37.0 Å². The van der Waals surface area contributed by atoms with Crippen LogP contribution in [0.2, 0.25) is 0 Å². The van der Waals surface area contributed by atoms with Gasteiger partial charge in [0.05, 0.1) is 0 Å². The van der Waals surface area contributed by atoms with Gasteiger partial charge >= 0.3 is 0 Å². The van der Waals surface area contributed by atoms with E-state index >= 15 is 0 Å². The maximum atomic E-state index is 11.4. The predicted molar refractivity (Wildman–Crippen MR) is 62.7 cm³/mol. The molecule has 1 fully saturated rings. The monoisotopic (exact) mass is 210 g/mol. The van der Waals surface area contributed by atoms with Gasteiger partial charge in [0.15, 0.2) is 0 Å². The Hall–Kier alpha value is -0.830. The van der Waals surface area contributed by atoms with E-state index in [9.17, 15) is 4.79 Å². The van der Waals surface area contributed by atoms with Crippen LogP contribution in [0.4, 0.5) is 0 Å². The quantitative estimate of drug-likeness (QED) is 0.717. The molecule has 0 atom stereocenters. The van der Waals surface area contributed by atoms with Crippen LogP contribution in [0.3, 0.4) is 0 Å². The standard InChI is InChI=1S/C12H22N2O/c1-9(2)12(15)13-10-5-7-11(8-6-10)14(3)4/h10-11H,1,5-8H2,2-4H3,(H,13,15). The number of nitrogens with one attached hydrogen (secondary N) is 1. The molecular weight excluding hydrogens is 188 g/mol. The van der Waals surface area contributed by atoms with Gasteiger partial charge in [-0.3, -0.25) is 4.79 Å². The fourth-order valence-electron chi connectivity index (χ4n) is 2.05. The second-order valence-corrected chi connectivity index (χ2v) is 4.72. The van der Waals surface area contributed by atoms with Gasteiger partial charge in [-0.1, -0.05) is 6.58 Å². The van der Waals surface area contributed by atoms with E-state index in [1.165, 1.54) is 12.8 Å². The highest BCUT2D eigenvalue weighted by Crippen LogP contribution is 2.21. The van der Waals surface area contributed by atoms with Crippen molar-refractivity contribution in [3.05, 3.63) is 12.2 Å². The first-order valence-electron chi connectivity index (χ1n) is 5.63. The summed E-state index contributed by atoms with van der Waals surface area (Å²) in [7, 11) is 4.24. The van der Waals surface area contributed by atoms with Gasteiger partial charge in [-0.2, -0.15) is 0 Å². The van der Waals surface area contributed by atoms with Crippen molar-refractivity contribution in [3.8, 4) is 0 Å². The molecule has 86 valence electrons. The number of hydrogen-bond acceptors (Lipinski definition) is 2. The van der Waals surface area contributed by atoms with Crippen LogP contribution in [0, 0.1) is 0 Å². The smallest absolute Gasteiger partial charge is 0.246 e. The molecule has 3 heteroatoms. The van der Waals surface area contributed by atoms with Gasteiger partial charge in [0.25, 0.3) is 0 Å². The Morgan fingerprint density at radius 3 is 2.20 bits per heavy atom. The van der Waals surface area contributed by atoms with Crippen molar-refractivity contribution in [1.82, 2.24) is 10.2 Å². The number of amides is 1. The van der Waals surface area contributed by atoms with Crippen molar-refractivity contribution in [2.45, 2.75) is 44.7 Å². The first-order chi connectivity index (χ1) is 7.00. The Morgan fingerprint density at radius 2 is 1.80 bits per heavy atom. The highest BCUT2D eigenvalue weighted by atomic mass is 16.1. The number of nitrogens with zero attached hydrogens (tertiary/aromatic N) is 1. The molecule has 0 radical (unpaired) electrons. The number of rotatable bonds is 3. The van der Waals surface area contributed by atoms with Crippen molar-refractivity contribution in [2.75, 3.05) is 14.1 Å². The lowest BCUT2D eigenvalue weighted by atomic mass is 9.90. The molecule has 0 saturated heterocycles. The van der Waals surface area contributed by atoms with Gasteiger partial charge in [0.2, 0.25) is 5.91 Å². The molecule has 0 spiro atoms. The summed E-state index contributed by atoms with van der Waals surface area (Å²) in [6.45, 7) is 5.39. The van der Waals surface area contributed by atoms with E-state index in [0.717, 1.165) is 12.8 Å². The zero-order valence-electron chi connectivity index (χ0n) is 10.0. The Kier molecular flexibility index (Phi) is 4.33.